The third-order valence-electron chi connectivity index (χ3n) is 16.1. The number of fused-ring (bicyclic) bond motifs is 2. The number of nitrogen functional groups attached to an aromatic ring is 3. The number of hydrogen-bond acceptors (Lipinski definition) is 22. The van der Waals surface area contributed by atoms with Crippen molar-refractivity contribution in [3.8, 4) is 0 Å². The molecule has 4 saturated heterocycles. The van der Waals surface area contributed by atoms with Gasteiger partial charge in [0.05, 0.1) is 50.1 Å². The fraction of sp³-hybridized carbons (Fsp3) is 0.625. The van der Waals surface area contributed by atoms with Gasteiger partial charge in [-0.25, -0.2) is 55.9 Å². The molecule has 6 aromatic rings. The number of alkyl halides is 9. The van der Waals surface area contributed by atoms with Crippen LogP contribution in [0.3, 0.4) is 0 Å². The molecule has 16 atom stereocenters. The van der Waals surface area contributed by atoms with Gasteiger partial charge in [-0.1, -0.05) is 0 Å². The molecular formula is C48H56F9N15O13. The zero-order chi connectivity index (χ0) is 61.4. The third kappa shape index (κ3) is 12.5. The van der Waals surface area contributed by atoms with Gasteiger partial charge in [-0.2, -0.15) is 23.1 Å². The lowest BCUT2D eigenvalue weighted by molar-refractivity contribution is -0.154. The van der Waals surface area contributed by atoms with Crippen molar-refractivity contribution in [2.24, 2.45) is 23.7 Å². The van der Waals surface area contributed by atoms with Crippen molar-refractivity contribution in [1.29, 1.82) is 0 Å². The monoisotopic (exact) mass is 1220 g/mol. The minimum Gasteiger partial charge on any atom is -0.394 e. The number of aromatic nitrogens is 12. The summed E-state index contributed by atoms with van der Waals surface area (Å²) in [7, 11) is 0. The van der Waals surface area contributed by atoms with E-state index in [1.807, 2.05) is 4.98 Å². The molecule has 0 spiro atoms. The largest absolute Gasteiger partial charge is 0.394 e. The fourth-order valence-electron chi connectivity index (χ4n) is 12.1. The van der Waals surface area contributed by atoms with E-state index in [0.717, 1.165) is 48.1 Å². The summed E-state index contributed by atoms with van der Waals surface area (Å²) in [5, 5.41) is 56.2. The van der Waals surface area contributed by atoms with Gasteiger partial charge in [-0.05, 0) is 18.9 Å². The molecule has 4 unspecified atom stereocenters. The number of H-pyrrole nitrogens is 2. The van der Waals surface area contributed by atoms with Crippen LogP contribution in [0.1, 0.15) is 82.7 Å². The Balaban J connectivity index is 0.889. The molecule has 85 heavy (non-hydrogen) atoms. The Bertz CT molecular complexity index is 3640. The molecule has 0 saturated carbocycles. The van der Waals surface area contributed by atoms with Crippen molar-refractivity contribution >= 4 is 39.9 Å². The second-order valence-corrected chi connectivity index (χ2v) is 21.8. The number of anilines is 3. The van der Waals surface area contributed by atoms with Gasteiger partial charge in [-0.3, -0.25) is 37.8 Å². The Morgan fingerprint density at radius 2 is 1.04 bits per heavy atom. The Hall–Kier alpha value is -7.13. The number of nitrogens with two attached hydrogens (primary N) is 3. The minimum absolute atomic E-state index is 0.0463. The molecule has 10 rings (SSSR count). The number of aromatic amines is 2. The maximum Gasteiger partial charge on any atom is 0.389 e. The van der Waals surface area contributed by atoms with Gasteiger partial charge in [-0.15, -0.1) is 0 Å². The summed E-state index contributed by atoms with van der Waals surface area (Å²) in [6.45, 7) is -0.885. The molecule has 0 radical (unpaired) electrons. The molecule has 0 amide bonds. The molecule has 6 aromatic heterocycles. The molecule has 10 heterocycles. The summed E-state index contributed by atoms with van der Waals surface area (Å²) in [5.74, 6) is -20.2. The van der Waals surface area contributed by atoms with Crippen LogP contribution in [-0.2, 0) is 18.9 Å². The van der Waals surface area contributed by atoms with Gasteiger partial charge in [0.1, 0.15) is 42.1 Å². The zero-order valence-corrected chi connectivity index (χ0v) is 44.0. The second kappa shape index (κ2) is 22.9. The summed E-state index contributed by atoms with van der Waals surface area (Å²) in [5.41, 5.74) is 12.5. The first kappa shape index (κ1) is 61.0. The van der Waals surface area contributed by atoms with E-state index < -0.39 is 214 Å². The lowest BCUT2D eigenvalue weighted by atomic mass is 9.83. The molecule has 4 aliphatic rings. The van der Waals surface area contributed by atoms with Gasteiger partial charge >= 0.3 is 17.6 Å². The smallest absolute Gasteiger partial charge is 0.389 e. The number of nitrogens with zero attached hydrogens (tertiary/aromatic N) is 10. The standard InChI is InChI=1S/C48H56F9N15O13/c49-45(50,6-2-23-21(12-48(55,56)57)33(78)38(82-23)70-8-4-27(74)66-44(70)81)9-18-22(83-41(30(18)75)72-17-64-29-36(72)67-42(60)68-37(29)79)1-5-46(51,52)10-19-24(84-39(31(19)76)69-7-3-26(58)65-43(69)80)13-47(53,54)11-20-25(14-73)85-40(32(20)77)71-16-63-28-34(59)61-15-62-35(28)71/h3-4,7-8,15-25,30-33,38-41,73,75-78H,1-2,5-6,9-14H2,(H2,58,65,80)(H2,59,61,62)(H,66,74,81)(H3,60,67,68,79)/t18?,19?,20?,21?,22-,23-,24-,25-,30+,31+,32+,33+,38-,39-,40-,41-/m1/s1. The summed E-state index contributed by atoms with van der Waals surface area (Å²) in [6.07, 6.45) is -34.3. The first-order chi connectivity index (χ1) is 39.9. The molecule has 0 aromatic carbocycles. The SMILES string of the molecule is Nc1ccn([C@@H]2O[C@H](CC(F)(F)CC3[C@@H](CO)O[C@@H](n4cnc5c(N)ncnc54)[C@H]3O)C(CC(F)(F)CC[C@H]3O[C@@H](n4cnc5c(=O)[nH]c(N)nc54)[C@@H](O)C3CC(F)(F)CC[C@H]3O[C@@H](n4ccc(=O)[nH]c4=O)[C@@H](O)C3CC(F)(F)F)[C@@H]2O)c(=O)n1. The topological polar surface area (TPSA) is 413 Å². The average Bonchev–Trinajstić information content (AvgIpc) is 2.21. The highest BCUT2D eigenvalue weighted by molar-refractivity contribution is 5.81. The Morgan fingerprint density at radius 3 is 1.61 bits per heavy atom. The number of rotatable bonds is 20. The highest BCUT2D eigenvalue weighted by Crippen LogP contribution is 2.50. The predicted octanol–water partition coefficient (Wildman–Crippen LogP) is 0.983. The zero-order valence-electron chi connectivity index (χ0n) is 44.0. The van der Waals surface area contributed by atoms with Crippen LogP contribution < -0.4 is 39.7 Å². The van der Waals surface area contributed by atoms with Crippen LogP contribution in [0, 0.1) is 23.7 Å². The first-order valence-corrected chi connectivity index (χ1v) is 26.4. The van der Waals surface area contributed by atoms with Gasteiger partial charge in [0.2, 0.25) is 17.8 Å². The predicted molar refractivity (Wildman–Crippen MR) is 270 cm³/mol. The third-order valence-corrected chi connectivity index (χ3v) is 16.1. The normalized spacial score (nSPS) is 30.4. The molecule has 28 nitrogen and oxygen atoms in total. The number of aliphatic hydroxyl groups is 5. The Kier molecular flexibility index (Phi) is 16.5. The summed E-state index contributed by atoms with van der Waals surface area (Å²) >= 11 is 0. The van der Waals surface area contributed by atoms with Crippen LogP contribution in [0.15, 0.2) is 62.7 Å². The Morgan fingerprint density at radius 1 is 0.541 bits per heavy atom. The van der Waals surface area contributed by atoms with Crippen molar-refractivity contribution in [3.05, 3.63) is 85.2 Å². The van der Waals surface area contributed by atoms with Crippen LogP contribution in [0.2, 0.25) is 0 Å². The summed E-state index contributed by atoms with van der Waals surface area (Å²) < 4.78 is 168. The fourth-order valence-corrected chi connectivity index (χ4v) is 12.1. The van der Waals surface area contributed by atoms with E-state index in [-0.39, 0.29) is 34.0 Å². The molecule has 464 valence electrons. The van der Waals surface area contributed by atoms with E-state index in [9.17, 15) is 57.9 Å². The van der Waals surface area contributed by atoms with Crippen LogP contribution >= 0.6 is 0 Å². The number of ether oxygens (including phenoxy) is 4. The number of halogens is 9. The highest BCUT2D eigenvalue weighted by atomic mass is 19.4. The maximum atomic E-state index is 16.8. The molecule has 13 N–H and O–H groups in total. The van der Waals surface area contributed by atoms with Gasteiger partial charge < -0.3 is 61.7 Å². The number of aliphatic hydroxyl groups excluding tert-OH is 5. The van der Waals surface area contributed by atoms with Gasteiger partial charge in [0.25, 0.3) is 17.0 Å². The van der Waals surface area contributed by atoms with Crippen LogP contribution in [-0.4, -0.2) is 163 Å². The van der Waals surface area contributed by atoms with Gasteiger partial charge in [0.15, 0.2) is 47.5 Å². The lowest BCUT2D eigenvalue weighted by Gasteiger charge is -2.31. The van der Waals surface area contributed by atoms with E-state index in [1.54, 1.807) is 0 Å². The summed E-state index contributed by atoms with van der Waals surface area (Å²) in [4.78, 5) is 77.4. The van der Waals surface area contributed by atoms with E-state index in [1.165, 1.54) is 4.57 Å². The molecule has 0 aliphatic carbocycles. The second-order valence-electron chi connectivity index (χ2n) is 21.8. The van der Waals surface area contributed by atoms with Crippen molar-refractivity contribution in [2.75, 3.05) is 23.8 Å². The molecule has 37 heteroatoms. The minimum atomic E-state index is -4.99. The van der Waals surface area contributed by atoms with Crippen LogP contribution in [0.4, 0.5) is 57.1 Å². The quantitative estimate of drug-likeness (QED) is 0.0476. The van der Waals surface area contributed by atoms with Crippen molar-refractivity contribution in [2.45, 2.75) is 155 Å². The van der Waals surface area contributed by atoms with E-state index >= 15 is 26.3 Å². The number of hydrogen-bond donors (Lipinski definition) is 10. The number of nitrogens with one attached hydrogen (secondary N) is 2. The van der Waals surface area contributed by atoms with Crippen molar-refractivity contribution in [1.82, 2.24) is 58.1 Å². The van der Waals surface area contributed by atoms with Crippen LogP contribution in [0.25, 0.3) is 22.3 Å². The number of imidazole rings is 2. The molecular weight excluding hydrogens is 1170 g/mol. The summed E-state index contributed by atoms with van der Waals surface area (Å²) in [6, 6.07) is 1.88. The van der Waals surface area contributed by atoms with E-state index in [2.05, 4.69) is 34.9 Å². The highest BCUT2D eigenvalue weighted by Gasteiger charge is 2.57. The van der Waals surface area contributed by atoms with Crippen LogP contribution in [0.5, 0.6) is 0 Å². The molecule has 4 fully saturated rings. The average molecular weight is 1220 g/mol. The van der Waals surface area contributed by atoms with Crippen molar-refractivity contribution in [3.63, 3.8) is 0 Å². The van der Waals surface area contributed by atoms with Gasteiger partial charge in [0, 0.05) is 80.7 Å². The first-order valence-electron chi connectivity index (χ1n) is 26.4. The molecule has 0 bridgehead atoms. The Labute approximate surface area is 469 Å². The lowest BCUT2D eigenvalue weighted by Crippen LogP contribution is -2.39. The van der Waals surface area contributed by atoms with E-state index in [0.29, 0.717) is 9.13 Å². The molecule has 4 aliphatic heterocycles. The van der Waals surface area contributed by atoms with Crippen molar-refractivity contribution < 1.29 is 84.0 Å². The van der Waals surface area contributed by atoms with E-state index in [4.69, 9.17) is 36.1 Å². The maximum absolute atomic E-state index is 16.8.